The molecule has 0 saturated carbocycles. The third-order valence-electron chi connectivity index (χ3n) is 10.1. The first-order chi connectivity index (χ1) is 22.4. The molecule has 9 nitrogen and oxygen atoms in total. The highest BCUT2D eigenvalue weighted by Crippen LogP contribution is 2.29. The van der Waals surface area contributed by atoms with Crippen LogP contribution in [-0.4, -0.2) is 98.9 Å². The van der Waals surface area contributed by atoms with Gasteiger partial charge in [-0.05, 0) is 120 Å². The molecule has 2 amide bonds. The van der Waals surface area contributed by atoms with Gasteiger partial charge in [0.25, 0.3) is 0 Å². The summed E-state index contributed by atoms with van der Waals surface area (Å²) in [5.74, 6) is 0.657. The molecular weight excluding hydrogens is 636 g/mol. The molecule has 0 unspecified atom stereocenters. The van der Waals surface area contributed by atoms with Gasteiger partial charge >= 0.3 is 0 Å². The molecule has 3 aliphatic rings. The summed E-state index contributed by atoms with van der Waals surface area (Å²) in [6, 6.07) is 13.3. The van der Waals surface area contributed by atoms with Crippen LogP contribution >= 0.6 is 11.6 Å². The fourth-order valence-corrected chi connectivity index (χ4v) is 9.02. The Kier molecular flexibility index (Phi) is 12.0. The van der Waals surface area contributed by atoms with Crippen molar-refractivity contribution in [1.29, 1.82) is 0 Å². The highest BCUT2D eigenvalue weighted by molar-refractivity contribution is 7.89. The standard InChI is InChI=1S/C36H51ClN4O5S/c1-26-6-9-33(23-35(26)37)41(36(43)32-14-20-39(21-15-32)29(4)42)17-5-16-38-18-12-31(13-19-38)22-30-7-10-34(11-8-30)47(44,45)40-24-27(2)46-28(3)25-40/h6-11,23,27-28,31-32H,5,12-22,24-25H2,1-4H3/t27-,28+. The number of benzene rings is 2. The first-order valence-electron chi connectivity index (χ1n) is 17.2. The topological polar surface area (TPSA) is 90.5 Å². The second-order valence-electron chi connectivity index (χ2n) is 13.8. The lowest BCUT2D eigenvalue weighted by molar-refractivity contribution is -0.133. The number of carbonyl (C=O) groups excluding carboxylic acids is 2. The summed E-state index contributed by atoms with van der Waals surface area (Å²) in [4.78, 5) is 32.2. The molecule has 3 saturated heterocycles. The molecule has 3 heterocycles. The molecule has 47 heavy (non-hydrogen) atoms. The number of anilines is 1. The summed E-state index contributed by atoms with van der Waals surface area (Å²) in [6.45, 7) is 13.0. The quantitative estimate of drug-likeness (QED) is 0.334. The van der Waals surface area contributed by atoms with Crippen molar-refractivity contribution in [3.05, 3.63) is 58.6 Å². The molecule has 11 heteroatoms. The van der Waals surface area contributed by atoms with Crippen molar-refractivity contribution in [1.82, 2.24) is 14.1 Å². The van der Waals surface area contributed by atoms with E-state index in [4.69, 9.17) is 16.3 Å². The third kappa shape index (κ3) is 9.15. The molecule has 258 valence electrons. The number of likely N-dealkylation sites (tertiary alicyclic amines) is 2. The van der Waals surface area contributed by atoms with Crippen molar-refractivity contribution < 1.29 is 22.7 Å². The van der Waals surface area contributed by atoms with E-state index in [0.29, 0.717) is 61.4 Å². The Morgan fingerprint density at radius 2 is 1.57 bits per heavy atom. The Morgan fingerprint density at radius 1 is 0.936 bits per heavy atom. The molecule has 0 N–H and O–H groups in total. The molecule has 2 aromatic rings. The largest absolute Gasteiger partial charge is 0.373 e. The number of ether oxygens (including phenoxy) is 1. The highest BCUT2D eigenvalue weighted by atomic mass is 35.5. The van der Waals surface area contributed by atoms with E-state index in [-0.39, 0.29) is 29.9 Å². The van der Waals surface area contributed by atoms with Crippen molar-refractivity contribution in [3.63, 3.8) is 0 Å². The molecule has 5 rings (SSSR count). The molecule has 0 aromatic heterocycles. The predicted octanol–water partition coefficient (Wildman–Crippen LogP) is 5.38. The maximum absolute atomic E-state index is 13.8. The van der Waals surface area contributed by atoms with Gasteiger partial charge in [-0.25, -0.2) is 8.42 Å². The van der Waals surface area contributed by atoms with E-state index in [0.717, 1.165) is 56.6 Å². The Labute approximate surface area is 286 Å². The molecule has 0 aliphatic carbocycles. The van der Waals surface area contributed by atoms with Crippen LogP contribution < -0.4 is 4.90 Å². The van der Waals surface area contributed by atoms with E-state index < -0.39 is 10.0 Å². The van der Waals surface area contributed by atoms with Crippen molar-refractivity contribution >= 4 is 39.1 Å². The van der Waals surface area contributed by atoms with E-state index >= 15 is 0 Å². The van der Waals surface area contributed by atoms with Crippen LogP contribution in [0.25, 0.3) is 0 Å². The van der Waals surface area contributed by atoms with Gasteiger partial charge in [0.2, 0.25) is 21.8 Å². The van der Waals surface area contributed by atoms with Gasteiger partial charge in [-0.2, -0.15) is 4.31 Å². The summed E-state index contributed by atoms with van der Waals surface area (Å²) >= 11 is 6.48. The van der Waals surface area contributed by atoms with Gasteiger partial charge in [0.15, 0.2) is 0 Å². The summed E-state index contributed by atoms with van der Waals surface area (Å²) in [5.41, 5.74) is 3.00. The number of hydrogen-bond donors (Lipinski definition) is 0. The average Bonchev–Trinajstić information content (AvgIpc) is 3.05. The van der Waals surface area contributed by atoms with Crippen LogP contribution in [0.2, 0.25) is 5.02 Å². The van der Waals surface area contributed by atoms with Crippen LogP contribution in [0.1, 0.15) is 64.0 Å². The molecule has 3 fully saturated rings. The number of nitrogens with zero attached hydrogens (tertiary/aromatic N) is 4. The maximum atomic E-state index is 13.8. The number of piperidine rings is 2. The highest BCUT2D eigenvalue weighted by Gasteiger charge is 2.33. The number of rotatable bonds is 10. The van der Waals surface area contributed by atoms with Gasteiger partial charge < -0.3 is 19.4 Å². The van der Waals surface area contributed by atoms with Crippen molar-refractivity contribution in [2.75, 3.05) is 57.3 Å². The molecule has 3 aliphatic heterocycles. The lowest BCUT2D eigenvalue weighted by Crippen LogP contribution is -2.48. The minimum absolute atomic E-state index is 0.0686. The summed E-state index contributed by atoms with van der Waals surface area (Å²) < 4.78 is 33.7. The minimum Gasteiger partial charge on any atom is -0.373 e. The summed E-state index contributed by atoms with van der Waals surface area (Å²) in [7, 11) is -3.54. The van der Waals surface area contributed by atoms with Gasteiger partial charge in [0.1, 0.15) is 0 Å². The van der Waals surface area contributed by atoms with Crippen LogP contribution in [0, 0.1) is 18.8 Å². The zero-order valence-electron chi connectivity index (χ0n) is 28.4. The number of halogens is 1. The van der Waals surface area contributed by atoms with Crippen LogP contribution in [0.15, 0.2) is 47.4 Å². The smallest absolute Gasteiger partial charge is 0.243 e. The average molecular weight is 687 g/mol. The Bertz CT molecular complexity index is 1480. The number of amides is 2. The van der Waals surface area contributed by atoms with Crippen LogP contribution in [0.4, 0.5) is 5.69 Å². The zero-order chi connectivity index (χ0) is 33.7. The fourth-order valence-electron chi connectivity index (χ4n) is 7.25. The number of hydrogen-bond acceptors (Lipinski definition) is 6. The van der Waals surface area contributed by atoms with Crippen LogP contribution in [-0.2, 0) is 30.8 Å². The van der Waals surface area contributed by atoms with Gasteiger partial charge in [0, 0.05) is 56.3 Å². The van der Waals surface area contributed by atoms with Crippen molar-refractivity contribution in [2.45, 2.75) is 83.3 Å². The SMILES string of the molecule is CC(=O)N1CCC(C(=O)N(CCCN2CCC(Cc3ccc(S(=O)(=O)N4C[C@@H](C)O[C@@H](C)C4)cc3)CC2)c2ccc(C)c(Cl)c2)CC1. The third-order valence-corrected chi connectivity index (χ3v) is 12.3. The Morgan fingerprint density at radius 3 is 2.17 bits per heavy atom. The van der Waals surface area contributed by atoms with Crippen LogP contribution in [0.3, 0.4) is 0 Å². The second kappa shape index (κ2) is 15.8. The molecular formula is C36H51ClN4O5S. The van der Waals surface area contributed by atoms with E-state index in [1.165, 1.54) is 5.56 Å². The van der Waals surface area contributed by atoms with Gasteiger partial charge in [-0.1, -0.05) is 29.8 Å². The van der Waals surface area contributed by atoms with Gasteiger partial charge in [-0.15, -0.1) is 0 Å². The first kappa shape index (κ1) is 35.8. The molecule has 0 bridgehead atoms. The minimum atomic E-state index is -3.54. The summed E-state index contributed by atoms with van der Waals surface area (Å²) in [6.07, 6.45) is 5.14. The first-order valence-corrected chi connectivity index (χ1v) is 19.0. The maximum Gasteiger partial charge on any atom is 0.243 e. The number of sulfonamides is 1. The normalized spacial score (nSPS) is 22.4. The lowest BCUT2D eigenvalue weighted by atomic mass is 9.90. The number of morpholine rings is 1. The predicted molar refractivity (Wildman–Crippen MR) is 186 cm³/mol. The lowest BCUT2D eigenvalue weighted by Gasteiger charge is -2.35. The molecule has 0 radical (unpaired) electrons. The number of aryl methyl sites for hydroxylation is 1. The summed E-state index contributed by atoms with van der Waals surface area (Å²) in [5, 5.41) is 0.659. The second-order valence-corrected chi connectivity index (χ2v) is 16.1. The Balaban J connectivity index is 1.11. The number of carbonyl (C=O) groups is 2. The fraction of sp³-hybridized carbons (Fsp3) is 0.611. The van der Waals surface area contributed by atoms with Crippen molar-refractivity contribution in [2.24, 2.45) is 11.8 Å². The Hall–Kier alpha value is -2.50. The van der Waals surface area contributed by atoms with Crippen molar-refractivity contribution in [3.8, 4) is 0 Å². The van der Waals surface area contributed by atoms with Crippen LogP contribution in [0.5, 0.6) is 0 Å². The monoisotopic (exact) mass is 686 g/mol. The van der Waals surface area contributed by atoms with Gasteiger partial charge in [-0.3, -0.25) is 9.59 Å². The van der Waals surface area contributed by atoms with E-state index in [1.807, 2.05) is 60.9 Å². The zero-order valence-corrected chi connectivity index (χ0v) is 29.9. The van der Waals surface area contributed by atoms with Gasteiger partial charge in [0.05, 0.1) is 17.1 Å². The molecule has 2 atom stereocenters. The van der Waals surface area contributed by atoms with E-state index in [1.54, 1.807) is 23.4 Å². The molecule has 0 spiro atoms. The van der Waals surface area contributed by atoms with E-state index in [9.17, 15) is 18.0 Å². The van der Waals surface area contributed by atoms with E-state index in [2.05, 4.69) is 4.90 Å². The molecule has 2 aromatic carbocycles.